The predicted octanol–water partition coefficient (Wildman–Crippen LogP) is 1.68. The molecule has 0 saturated heterocycles. The number of nitrogens with two attached hydrogens (primary N) is 1. The second-order valence-electron chi connectivity index (χ2n) is 4.15. The Morgan fingerprint density at radius 1 is 1.53 bits per heavy atom. The van der Waals surface area contributed by atoms with Gasteiger partial charge in [0.05, 0.1) is 5.60 Å². The Labute approximate surface area is 89.6 Å². The summed E-state index contributed by atoms with van der Waals surface area (Å²) in [6.45, 7) is 0. The van der Waals surface area contributed by atoms with Gasteiger partial charge in [0.15, 0.2) is 0 Å². The third kappa shape index (κ3) is 2.36. The maximum Gasteiger partial charge on any atom is 0.0869 e. The Kier molecular flexibility index (Phi) is 2.73. The lowest BCUT2D eigenvalue weighted by Gasteiger charge is -2.27. The van der Waals surface area contributed by atoms with E-state index in [1.807, 2.05) is 12.2 Å². The molecule has 0 amide bonds. The second kappa shape index (κ2) is 4.03. The van der Waals surface area contributed by atoms with E-state index in [0.29, 0.717) is 12.1 Å². The van der Waals surface area contributed by atoms with Crippen molar-refractivity contribution in [1.29, 1.82) is 0 Å². The lowest BCUT2D eigenvalue weighted by atomic mass is 9.85. The minimum Gasteiger partial charge on any atom is -0.398 e. The Bertz CT molecular complexity index is 376. The summed E-state index contributed by atoms with van der Waals surface area (Å²) in [5.74, 6) is 0. The molecule has 0 bridgehead atoms. The van der Waals surface area contributed by atoms with Gasteiger partial charge in [-0.3, -0.25) is 4.98 Å². The van der Waals surface area contributed by atoms with Crippen molar-refractivity contribution in [3.63, 3.8) is 0 Å². The van der Waals surface area contributed by atoms with Crippen LogP contribution in [0.3, 0.4) is 0 Å². The van der Waals surface area contributed by atoms with Crippen LogP contribution < -0.4 is 5.73 Å². The molecule has 0 aliphatic heterocycles. The van der Waals surface area contributed by atoms with Crippen LogP contribution in [0.15, 0.2) is 30.6 Å². The summed E-state index contributed by atoms with van der Waals surface area (Å²) in [5.41, 5.74) is 6.72. The summed E-state index contributed by atoms with van der Waals surface area (Å²) >= 11 is 0. The van der Waals surface area contributed by atoms with E-state index in [0.717, 1.165) is 24.8 Å². The van der Waals surface area contributed by atoms with Crippen LogP contribution in [-0.4, -0.2) is 15.7 Å². The van der Waals surface area contributed by atoms with E-state index >= 15 is 0 Å². The van der Waals surface area contributed by atoms with Gasteiger partial charge in [0, 0.05) is 24.5 Å². The molecule has 2 rings (SSSR count). The molecule has 0 aromatic carbocycles. The second-order valence-corrected chi connectivity index (χ2v) is 4.15. The zero-order valence-corrected chi connectivity index (χ0v) is 8.69. The number of anilines is 1. The predicted molar refractivity (Wildman–Crippen MR) is 60.3 cm³/mol. The van der Waals surface area contributed by atoms with E-state index in [2.05, 4.69) is 4.98 Å². The van der Waals surface area contributed by atoms with Gasteiger partial charge in [-0.15, -0.1) is 0 Å². The number of hydrogen-bond donors (Lipinski definition) is 2. The number of aromatic nitrogens is 1. The van der Waals surface area contributed by atoms with Crippen LogP contribution in [0.2, 0.25) is 0 Å². The van der Waals surface area contributed by atoms with Gasteiger partial charge in [-0.25, -0.2) is 0 Å². The fourth-order valence-electron chi connectivity index (χ4n) is 1.97. The molecule has 1 aliphatic carbocycles. The van der Waals surface area contributed by atoms with Gasteiger partial charge in [-0.1, -0.05) is 12.2 Å². The maximum atomic E-state index is 10.3. The van der Waals surface area contributed by atoms with Crippen LogP contribution in [0.25, 0.3) is 0 Å². The third-order valence-corrected chi connectivity index (χ3v) is 2.85. The molecule has 0 fully saturated rings. The zero-order chi connectivity index (χ0) is 10.7. The minimum atomic E-state index is -0.727. The van der Waals surface area contributed by atoms with Gasteiger partial charge >= 0.3 is 0 Å². The molecule has 1 unspecified atom stereocenters. The zero-order valence-electron chi connectivity index (χ0n) is 8.69. The summed E-state index contributed by atoms with van der Waals surface area (Å²) in [6, 6.07) is 1.77. The van der Waals surface area contributed by atoms with E-state index in [-0.39, 0.29) is 0 Å². The maximum absolute atomic E-state index is 10.3. The normalized spacial score (nSPS) is 25.4. The van der Waals surface area contributed by atoms with Crippen LogP contribution in [0.1, 0.15) is 24.8 Å². The van der Waals surface area contributed by atoms with Crippen LogP contribution in [0.4, 0.5) is 5.69 Å². The Morgan fingerprint density at radius 2 is 2.40 bits per heavy atom. The van der Waals surface area contributed by atoms with Crippen molar-refractivity contribution in [2.24, 2.45) is 0 Å². The highest BCUT2D eigenvalue weighted by Gasteiger charge is 2.26. The number of nitrogens with zero attached hydrogens (tertiary/aromatic N) is 1. The van der Waals surface area contributed by atoms with Crippen LogP contribution >= 0.6 is 0 Å². The van der Waals surface area contributed by atoms with Crippen molar-refractivity contribution in [1.82, 2.24) is 4.98 Å². The van der Waals surface area contributed by atoms with Crippen LogP contribution in [0.5, 0.6) is 0 Å². The Hall–Kier alpha value is -1.35. The highest BCUT2D eigenvalue weighted by Crippen LogP contribution is 2.27. The first-order valence-corrected chi connectivity index (χ1v) is 5.28. The SMILES string of the molecule is Nc1ccncc1CC1(O)C=CCCC1. The first-order valence-electron chi connectivity index (χ1n) is 5.28. The number of hydrogen-bond acceptors (Lipinski definition) is 3. The molecule has 80 valence electrons. The fraction of sp³-hybridized carbons (Fsp3) is 0.417. The van der Waals surface area contributed by atoms with Gasteiger partial charge in [0.25, 0.3) is 0 Å². The number of pyridine rings is 1. The summed E-state index contributed by atoms with van der Waals surface area (Å²) in [6.07, 6.45) is 10.8. The smallest absolute Gasteiger partial charge is 0.0869 e. The van der Waals surface area contributed by atoms with Crippen molar-refractivity contribution in [3.8, 4) is 0 Å². The lowest BCUT2D eigenvalue weighted by Crippen LogP contribution is -2.30. The summed E-state index contributed by atoms with van der Waals surface area (Å²) < 4.78 is 0. The monoisotopic (exact) mass is 204 g/mol. The topological polar surface area (TPSA) is 59.1 Å². The van der Waals surface area contributed by atoms with E-state index in [4.69, 9.17) is 5.73 Å². The van der Waals surface area contributed by atoms with Crippen molar-refractivity contribution in [2.45, 2.75) is 31.3 Å². The first-order chi connectivity index (χ1) is 7.20. The molecule has 0 radical (unpaired) electrons. The van der Waals surface area contributed by atoms with E-state index in [1.165, 1.54) is 0 Å². The molecular formula is C12H16N2O. The Morgan fingerprint density at radius 3 is 3.07 bits per heavy atom. The fourth-order valence-corrected chi connectivity index (χ4v) is 1.97. The average Bonchev–Trinajstić information content (AvgIpc) is 2.22. The quantitative estimate of drug-likeness (QED) is 0.720. The number of nitrogen functional groups attached to an aromatic ring is 1. The molecule has 3 nitrogen and oxygen atoms in total. The van der Waals surface area contributed by atoms with E-state index < -0.39 is 5.60 Å². The molecule has 0 spiro atoms. The molecule has 1 aromatic heterocycles. The molecule has 1 atom stereocenters. The van der Waals surface area contributed by atoms with Gasteiger partial charge in [-0.2, -0.15) is 0 Å². The van der Waals surface area contributed by atoms with Crippen molar-refractivity contribution in [3.05, 3.63) is 36.2 Å². The van der Waals surface area contributed by atoms with Crippen molar-refractivity contribution >= 4 is 5.69 Å². The summed E-state index contributed by atoms with van der Waals surface area (Å²) in [5, 5.41) is 10.3. The molecular weight excluding hydrogens is 188 g/mol. The molecule has 1 heterocycles. The summed E-state index contributed by atoms with van der Waals surface area (Å²) in [4.78, 5) is 4.03. The van der Waals surface area contributed by atoms with Crippen LogP contribution in [0, 0.1) is 0 Å². The minimum absolute atomic E-state index is 0.559. The molecule has 3 heteroatoms. The highest BCUT2D eigenvalue weighted by atomic mass is 16.3. The molecule has 15 heavy (non-hydrogen) atoms. The average molecular weight is 204 g/mol. The number of allylic oxidation sites excluding steroid dienone is 1. The lowest BCUT2D eigenvalue weighted by molar-refractivity contribution is 0.0752. The highest BCUT2D eigenvalue weighted by molar-refractivity contribution is 5.45. The van der Waals surface area contributed by atoms with E-state index in [1.54, 1.807) is 18.5 Å². The van der Waals surface area contributed by atoms with Gasteiger partial charge in [-0.05, 0) is 30.9 Å². The first kappa shape index (κ1) is 10.2. The molecule has 1 aliphatic rings. The molecule has 1 aromatic rings. The van der Waals surface area contributed by atoms with Gasteiger partial charge in [0.2, 0.25) is 0 Å². The van der Waals surface area contributed by atoms with Gasteiger partial charge in [0.1, 0.15) is 0 Å². The summed E-state index contributed by atoms with van der Waals surface area (Å²) in [7, 11) is 0. The van der Waals surface area contributed by atoms with Crippen molar-refractivity contribution in [2.75, 3.05) is 5.73 Å². The van der Waals surface area contributed by atoms with Crippen molar-refractivity contribution < 1.29 is 5.11 Å². The number of aliphatic hydroxyl groups is 1. The van der Waals surface area contributed by atoms with E-state index in [9.17, 15) is 5.11 Å². The largest absolute Gasteiger partial charge is 0.398 e. The molecule has 3 N–H and O–H groups in total. The molecule has 0 saturated carbocycles. The van der Waals surface area contributed by atoms with Gasteiger partial charge < -0.3 is 10.8 Å². The van der Waals surface area contributed by atoms with Crippen LogP contribution in [-0.2, 0) is 6.42 Å². The Balaban J connectivity index is 2.17. The number of rotatable bonds is 2. The third-order valence-electron chi connectivity index (χ3n) is 2.85. The standard InChI is InChI=1S/C12H16N2O/c13-11-4-7-14-9-10(11)8-12(15)5-2-1-3-6-12/h2,4-5,7,9,15H,1,3,6,8H2,(H2,13,14).